The summed E-state index contributed by atoms with van der Waals surface area (Å²) in [6.45, 7) is 6.94. The van der Waals surface area contributed by atoms with Crippen LogP contribution in [0.15, 0.2) is 84.9 Å². The van der Waals surface area contributed by atoms with Crippen molar-refractivity contribution in [2.45, 2.75) is 46.5 Å². The number of hydrogen-bond acceptors (Lipinski definition) is 1. The maximum atomic E-state index is 14.5. The van der Waals surface area contributed by atoms with Gasteiger partial charge in [-0.25, -0.2) is 4.39 Å². The summed E-state index contributed by atoms with van der Waals surface area (Å²) < 4.78 is 20.7. The highest BCUT2D eigenvalue weighted by atomic mass is 19.1. The number of rotatable bonds is 9. The van der Waals surface area contributed by atoms with Crippen LogP contribution in [-0.4, -0.2) is 6.61 Å². The van der Waals surface area contributed by atoms with Gasteiger partial charge in [-0.2, -0.15) is 0 Å². The average Bonchev–Trinajstić information content (AvgIpc) is 2.87. The third-order valence-corrected chi connectivity index (χ3v) is 6.38. The van der Waals surface area contributed by atoms with Crippen LogP contribution in [0.3, 0.4) is 0 Å². The first-order valence-electron chi connectivity index (χ1n) is 12.3. The van der Waals surface area contributed by atoms with Gasteiger partial charge in [0.15, 0.2) is 0 Å². The van der Waals surface area contributed by atoms with Gasteiger partial charge in [-0.1, -0.05) is 80.6 Å². The van der Waals surface area contributed by atoms with Gasteiger partial charge >= 0.3 is 0 Å². The van der Waals surface area contributed by atoms with E-state index in [1.807, 2.05) is 31.2 Å². The number of ether oxygens (including phenoxy) is 1. The van der Waals surface area contributed by atoms with E-state index in [-0.39, 0.29) is 5.82 Å². The molecule has 4 aromatic rings. The molecule has 2 heteroatoms. The first-order chi connectivity index (χ1) is 16.6. The van der Waals surface area contributed by atoms with Crippen LogP contribution in [-0.2, 0) is 19.3 Å². The smallest absolute Gasteiger partial charge is 0.131 e. The third kappa shape index (κ3) is 5.56. The van der Waals surface area contributed by atoms with Crippen LogP contribution in [0.4, 0.5) is 4.39 Å². The number of benzene rings is 4. The maximum absolute atomic E-state index is 14.5. The van der Waals surface area contributed by atoms with Crippen molar-refractivity contribution in [3.63, 3.8) is 0 Å². The fourth-order valence-corrected chi connectivity index (χ4v) is 4.46. The quantitative estimate of drug-likeness (QED) is 0.231. The summed E-state index contributed by atoms with van der Waals surface area (Å²) in [4.78, 5) is 0. The fraction of sp³-hybridized carbons (Fsp3) is 0.250. The van der Waals surface area contributed by atoms with E-state index in [1.165, 1.54) is 27.8 Å². The lowest BCUT2D eigenvalue weighted by atomic mass is 9.92. The topological polar surface area (TPSA) is 9.23 Å². The molecule has 0 aliphatic heterocycles. The van der Waals surface area contributed by atoms with Gasteiger partial charge in [0.2, 0.25) is 0 Å². The molecule has 0 N–H and O–H groups in total. The van der Waals surface area contributed by atoms with E-state index in [1.54, 1.807) is 6.07 Å². The van der Waals surface area contributed by atoms with Crippen LogP contribution >= 0.6 is 0 Å². The Labute approximate surface area is 203 Å². The molecule has 4 rings (SSSR count). The van der Waals surface area contributed by atoms with Gasteiger partial charge in [-0.05, 0) is 89.8 Å². The molecule has 0 bridgehead atoms. The van der Waals surface area contributed by atoms with E-state index >= 15 is 0 Å². The third-order valence-electron chi connectivity index (χ3n) is 6.38. The molecule has 0 aliphatic carbocycles. The van der Waals surface area contributed by atoms with E-state index < -0.39 is 0 Å². The molecule has 0 amide bonds. The molecule has 0 spiro atoms. The largest absolute Gasteiger partial charge is 0.493 e. The van der Waals surface area contributed by atoms with Crippen molar-refractivity contribution >= 4 is 0 Å². The predicted octanol–water partition coefficient (Wildman–Crippen LogP) is 8.60. The van der Waals surface area contributed by atoms with Crippen molar-refractivity contribution in [2.75, 3.05) is 6.61 Å². The van der Waals surface area contributed by atoms with Crippen LogP contribution in [0.5, 0.6) is 5.75 Å². The monoisotopic (exact) mass is 452 g/mol. The van der Waals surface area contributed by atoms with E-state index in [2.05, 4.69) is 68.4 Å². The predicted molar refractivity (Wildman–Crippen MR) is 141 cm³/mol. The fourth-order valence-electron chi connectivity index (χ4n) is 4.46. The Balaban J connectivity index is 1.52. The van der Waals surface area contributed by atoms with Crippen LogP contribution < -0.4 is 4.74 Å². The van der Waals surface area contributed by atoms with Crippen LogP contribution in [0.1, 0.15) is 42.5 Å². The molecule has 34 heavy (non-hydrogen) atoms. The van der Waals surface area contributed by atoms with Gasteiger partial charge in [0.25, 0.3) is 0 Å². The molecule has 0 unspecified atom stereocenters. The SMILES string of the molecule is CCc1cc(-c2ccc(-c3ccc(C)cc3F)cc2CC)ccc1OCCCc1ccccc1. The summed E-state index contributed by atoms with van der Waals surface area (Å²) in [6.07, 6.45) is 3.81. The molecule has 0 radical (unpaired) electrons. The van der Waals surface area contributed by atoms with Gasteiger partial charge in [0.05, 0.1) is 6.61 Å². The summed E-state index contributed by atoms with van der Waals surface area (Å²) in [6, 6.07) is 28.7. The minimum Gasteiger partial charge on any atom is -0.493 e. The highest BCUT2D eigenvalue weighted by Gasteiger charge is 2.12. The zero-order valence-corrected chi connectivity index (χ0v) is 20.4. The summed E-state index contributed by atoms with van der Waals surface area (Å²) in [7, 11) is 0. The van der Waals surface area contributed by atoms with Crippen molar-refractivity contribution < 1.29 is 9.13 Å². The molecular formula is C32H33FO. The second-order valence-corrected chi connectivity index (χ2v) is 8.82. The first-order valence-corrected chi connectivity index (χ1v) is 12.3. The zero-order chi connectivity index (χ0) is 23.9. The molecular weight excluding hydrogens is 419 g/mol. The normalized spacial score (nSPS) is 10.9. The number of aryl methyl sites for hydroxylation is 4. The maximum Gasteiger partial charge on any atom is 0.131 e. The lowest BCUT2D eigenvalue weighted by Crippen LogP contribution is -2.02. The summed E-state index contributed by atoms with van der Waals surface area (Å²) in [5.41, 5.74) is 8.67. The lowest BCUT2D eigenvalue weighted by Gasteiger charge is -2.15. The van der Waals surface area contributed by atoms with Crippen molar-refractivity contribution in [3.05, 3.63) is 113 Å². The molecule has 0 fully saturated rings. The molecule has 0 heterocycles. The number of halogens is 1. The molecule has 1 nitrogen and oxygen atoms in total. The van der Waals surface area contributed by atoms with E-state index in [0.29, 0.717) is 12.2 Å². The molecule has 0 atom stereocenters. The molecule has 0 aliphatic rings. The van der Waals surface area contributed by atoms with Crippen LogP contribution in [0.25, 0.3) is 22.3 Å². The van der Waals surface area contributed by atoms with E-state index in [0.717, 1.165) is 42.6 Å². The van der Waals surface area contributed by atoms with Crippen molar-refractivity contribution in [2.24, 2.45) is 0 Å². The van der Waals surface area contributed by atoms with Crippen molar-refractivity contribution in [1.29, 1.82) is 0 Å². The minimum atomic E-state index is -0.170. The molecule has 0 saturated carbocycles. The number of hydrogen-bond donors (Lipinski definition) is 0. The van der Waals surface area contributed by atoms with Crippen LogP contribution in [0, 0.1) is 12.7 Å². The average molecular weight is 453 g/mol. The van der Waals surface area contributed by atoms with Gasteiger partial charge in [-0.15, -0.1) is 0 Å². The lowest BCUT2D eigenvalue weighted by molar-refractivity contribution is 0.308. The van der Waals surface area contributed by atoms with Gasteiger partial charge in [-0.3, -0.25) is 0 Å². The van der Waals surface area contributed by atoms with Gasteiger partial charge in [0, 0.05) is 5.56 Å². The zero-order valence-electron chi connectivity index (χ0n) is 20.4. The Morgan fingerprint density at radius 3 is 2.12 bits per heavy atom. The summed E-state index contributed by atoms with van der Waals surface area (Å²) in [5.74, 6) is 0.799. The van der Waals surface area contributed by atoms with Gasteiger partial charge < -0.3 is 4.74 Å². The highest BCUT2D eigenvalue weighted by molar-refractivity contribution is 5.75. The second kappa shape index (κ2) is 11.2. The van der Waals surface area contributed by atoms with E-state index in [9.17, 15) is 4.39 Å². The second-order valence-electron chi connectivity index (χ2n) is 8.82. The van der Waals surface area contributed by atoms with E-state index in [4.69, 9.17) is 4.74 Å². The molecule has 174 valence electrons. The van der Waals surface area contributed by atoms with Crippen LogP contribution in [0.2, 0.25) is 0 Å². The van der Waals surface area contributed by atoms with Crippen molar-refractivity contribution in [3.8, 4) is 28.0 Å². The molecule has 0 saturated heterocycles. The van der Waals surface area contributed by atoms with Gasteiger partial charge in [0.1, 0.15) is 11.6 Å². The molecule has 0 aromatic heterocycles. The molecule has 4 aromatic carbocycles. The highest BCUT2D eigenvalue weighted by Crippen LogP contribution is 2.33. The Kier molecular flexibility index (Phi) is 7.80. The first kappa shape index (κ1) is 23.8. The Morgan fingerprint density at radius 2 is 1.38 bits per heavy atom. The summed E-state index contributed by atoms with van der Waals surface area (Å²) >= 11 is 0. The minimum absolute atomic E-state index is 0.170. The standard InChI is InChI=1S/C32H33FO/c1-4-25-21-28(30-16-13-23(3)20-31(30)33)14-17-29(25)27-15-18-32(26(5-2)22-27)34-19-9-12-24-10-7-6-8-11-24/h6-8,10-11,13-18,20-22H,4-5,9,12,19H2,1-3H3. The Hall–Kier alpha value is -3.39. The van der Waals surface area contributed by atoms with Crippen molar-refractivity contribution in [1.82, 2.24) is 0 Å². The Bertz CT molecular complexity index is 1240. The summed E-state index contributed by atoms with van der Waals surface area (Å²) in [5, 5.41) is 0. The Morgan fingerprint density at radius 1 is 0.706 bits per heavy atom.